The van der Waals surface area contributed by atoms with Gasteiger partial charge in [-0.15, -0.1) is 0 Å². The summed E-state index contributed by atoms with van der Waals surface area (Å²) in [7, 11) is -1.52. The van der Waals surface area contributed by atoms with Crippen molar-refractivity contribution >= 4 is 8.32 Å². The summed E-state index contributed by atoms with van der Waals surface area (Å²) < 4.78 is 6.09. The second-order valence-electron chi connectivity index (χ2n) is 6.26. The van der Waals surface area contributed by atoms with E-state index in [1.807, 2.05) is 0 Å². The van der Waals surface area contributed by atoms with E-state index < -0.39 is 8.32 Å². The summed E-state index contributed by atoms with van der Waals surface area (Å²) in [5, 5.41) is 9.37. The van der Waals surface area contributed by atoms with Gasteiger partial charge >= 0.3 is 0 Å². The van der Waals surface area contributed by atoms with Gasteiger partial charge in [0.15, 0.2) is 0 Å². The number of allylic oxidation sites excluding steroid dienone is 2. The summed E-state index contributed by atoms with van der Waals surface area (Å²) in [6.45, 7) is 6.62. The zero-order chi connectivity index (χ0) is 11.8. The van der Waals surface area contributed by atoms with Gasteiger partial charge in [0.1, 0.15) is 0 Å². The number of nitrogens with zero attached hydrogens (tertiary/aromatic N) is 1. The molecular weight excluding hydrogens is 214 g/mol. The van der Waals surface area contributed by atoms with Crippen LogP contribution in [0.4, 0.5) is 0 Å². The molecular formula is C13H21NOSi. The lowest BCUT2D eigenvalue weighted by molar-refractivity contribution is 0.195. The van der Waals surface area contributed by atoms with Crippen molar-refractivity contribution in [2.75, 3.05) is 0 Å². The SMILES string of the molecule is C[Si](C)(C)OC1=CC2(C#N)CCCC(C1)C2. The number of rotatable bonds is 2. The standard InChI is InChI=1S/C13H21NOSi/c1-16(2,3)15-12-7-11-5-4-6-13(8-11,9-12)10-14/h9,11H,4-8H2,1-3H3. The minimum absolute atomic E-state index is 0.198. The first kappa shape index (κ1) is 11.7. The first-order chi connectivity index (χ1) is 7.42. The van der Waals surface area contributed by atoms with Crippen LogP contribution in [-0.4, -0.2) is 8.32 Å². The number of hydrogen-bond donors (Lipinski definition) is 0. The first-order valence-corrected chi connectivity index (χ1v) is 9.65. The Balaban J connectivity index is 2.21. The van der Waals surface area contributed by atoms with Gasteiger partial charge in [-0.05, 0) is 50.9 Å². The maximum atomic E-state index is 9.37. The van der Waals surface area contributed by atoms with Crippen LogP contribution in [-0.2, 0) is 4.43 Å². The summed E-state index contributed by atoms with van der Waals surface area (Å²) in [5.74, 6) is 1.79. The number of nitriles is 1. The summed E-state index contributed by atoms with van der Waals surface area (Å²) in [6.07, 6.45) is 7.76. The van der Waals surface area contributed by atoms with Crippen LogP contribution in [0.25, 0.3) is 0 Å². The molecule has 2 bridgehead atoms. The van der Waals surface area contributed by atoms with Crippen molar-refractivity contribution in [2.45, 2.75) is 51.7 Å². The topological polar surface area (TPSA) is 33.0 Å². The molecule has 1 fully saturated rings. The molecule has 0 amide bonds. The predicted octanol–water partition coefficient (Wildman–Crippen LogP) is 3.83. The van der Waals surface area contributed by atoms with E-state index in [0.717, 1.165) is 25.0 Å². The highest BCUT2D eigenvalue weighted by atomic mass is 28.4. The van der Waals surface area contributed by atoms with Gasteiger partial charge in [-0.25, -0.2) is 0 Å². The maximum Gasteiger partial charge on any atom is 0.241 e. The fraction of sp³-hybridized carbons (Fsp3) is 0.769. The Kier molecular flexibility index (Phi) is 2.87. The molecule has 0 N–H and O–H groups in total. The summed E-state index contributed by atoms with van der Waals surface area (Å²) in [6, 6.07) is 2.52. The molecule has 2 nitrogen and oxygen atoms in total. The zero-order valence-corrected chi connectivity index (χ0v) is 11.5. The van der Waals surface area contributed by atoms with E-state index in [1.165, 1.54) is 12.8 Å². The molecule has 0 saturated heterocycles. The van der Waals surface area contributed by atoms with Crippen molar-refractivity contribution in [1.29, 1.82) is 5.26 Å². The molecule has 88 valence electrons. The van der Waals surface area contributed by atoms with E-state index in [2.05, 4.69) is 31.8 Å². The summed E-state index contributed by atoms with van der Waals surface area (Å²) >= 11 is 0. The first-order valence-electron chi connectivity index (χ1n) is 6.24. The molecule has 0 aromatic heterocycles. The van der Waals surface area contributed by atoms with Crippen LogP contribution in [0.15, 0.2) is 11.8 Å². The Morgan fingerprint density at radius 2 is 2.25 bits per heavy atom. The minimum atomic E-state index is -1.52. The van der Waals surface area contributed by atoms with E-state index in [9.17, 15) is 5.26 Å². The molecule has 0 aromatic carbocycles. The van der Waals surface area contributed by atoms with Gasteiger partial charge < -0.3 is 4.43 Å². The highest BCUT2D eigenvalue weighted by Gasteiger charge is 2.40. The monoisotopic (exact) mass is 235 g/mol. The molecule has 2 atom stereocenters. The highest BCUT2D eigenvalue weighted by Crippen LogP contribution is 2.47. The smallest absolute Gasteiger partial charge is 0.241 e. The quantitative estimate of drug-likeness (QED) is 0.682. The maximum absolute atomic E-state index is 9.37. The van der Waals surface area contributed by atoms with Crippen molar-refractivity contribution < 1.29 is 4.43 Å². The molecule has 0 spiro atoms. The molecule has 2 unspecified atom stereocenters. The number of fused-ring (bicyclic) bond motifs is 2. The average Bonchev–Trinajstić information content (AvgIpc) is 2.14. The lowest BCUT2D eigenvalue weighted by Gasteiger charge is -2.40. The van der Waals surface area contributed by atoms with E-state index in [1.54, 1.807) is 0 Å². The molecule has 2 aliphatic rings. The molecule has 3 heteroatoms. The van der Waals surface area contributed by atoms with Crippen LogP contribution in [0.5, 0.6) is 0 Å². The number of hydrogen-bond acceptors (Lipinski definition) is 2. The third kappa shape index (κ3) is 2.49. The van der Waals surface area contributed by atoms with Gasteiger partial charge in [-0.2, -0.15) is 5.26 Å². The van der Waals surface area contributed by atoms with E-state index in [4.69, 9.17) is 4.43 Å². The molecule has 0 radical (unpaired) electrons. The minimum Gasteiger partial charge on any atom is -0.548 e. The van der Waals surface area contributed by atoms with Crippen molar-refractivity contribution in [2.24, 2.45) is 11.3 Å². The van der Waals surface area contributed by atoms with Crippen LogP contribution >= 0.6 is 0 Å². The lowest BCUT2D eigenvalue weighted by Crippen LogP contribution is -2.33. The highest BCUT2D eigenvalue weighted by molar-refractivity contribution is 6.70. The second kappa shape index (κ2) is 3.92. The van der Waals surface area contributed by atoms with Gasteiger partial charge in [-0.3, -0.25) is 0 Å². The van der Waals surface area contributed by atoms with Gasteiger partial charge in [0.05, 0.1) is 17.2 Å². The van der Waals surface area contributed by atoms with E-state index in [0.29, 0.717) is 5.92 Å². The van der Waals surface area contributed by atoms with Crippen molar-refractivity contribution in [1.82, 2.24) is 0 Å². The normalized spacial score (nSPS) is 33.9. The van der Waals surface area contributed by atoms with Gasteiger partial charge in [0.2, 0.25) is 8.32 Å². The Morgan fingerprint density at radius 3 is 2.88 bits per heavy atom. The summed E-state index contributed by atoms with van der Waals surface area (Å²) in [5.41, 5.74) is -0.198. The van der Waals surface area contributed by atoms with Crippen LogP contribution < -0.4 is 0 Å². The molecule has 0 heterocycles. The van der Waals surface area contributed by atoms with Crippen molar-refractivity contribution in [3.63, 3.8) is 0 Å². The molecule has 16 heavy (non-hydrogen) atoms. The molecule has 0 aromatic rings. The fourth-order valence-corrected chi connectivity index (χ4v) is 3.91. The van der Waals surface area contributed by atoms with Crippen LogP contribution in [0, 0.1) is 22.7 Å². The molecule has 2 rings (SSSR count). The third-order valence-electron chi connectivity index (χ3n) is 3.48. The average molecular weight is 235 g/mol. The Morgan fingerprint density at radius 1 is 1.50 bits per heavy atom. The molecule has 2 aliphatic carbocycles. The van der Waals surface area contributed by atoms with Gasteiger partial charge in [0, 0.05) is 6.42 Å². The van der Waals surface area contributed by atoms with E-state index >= 15 is 0 Å². The van der Waals surface area contributed by atoms with E-state index in [-0.39, 0.29) is 5.41 Å². The predicted molar refractivity (Wildman–Crippen MR) is 67.1 cm³/mol. The zero-order valence-electron chi connectivity index (χ0n) is 10.5. The van der Waals surface area contributed by atoms with Gasteiger partial charge in [0.25, 0.3) is 0 Å². The Bertz CT molecular complexity index is 350. The van der Waals surface area contributed by atoms with Crippen LogP contribution in [0.2, 0.25) is 19.6 Å². The summed E-state index contributed by atoms with van der Waals surface area (Å²) in [4.78, 5) is 0. The Labute approximate surface area is 99.4 Å². The van der Waals surface area contributed by atoms with Crippen LogP contribution in [0.1, 0.15) is 32.1 Å². The fourth-order valence-electron chi connectivity index (χ4n) is 2.98. The Hall–Kier alpha value is -0.753. The lowest BCUT2D eigenvalue weighted by atomic mass is 9.66. The van der Waals surface area contributed by atoms with Gasteiger partial charge in [-0.1, -0.05) is 6.42 Å². The molecule has 1 saturated carbocycles. The third-order valence-corrected chi connectivity index (χ3v) is 4.35. The largest absolute Gasteiger partial charge is 0.548 e. The van der Waals surface area contributed by atoms with Crippen LogP contribution in [0.3, 0.4) is 0 Å². The van der Waals surface area contributed by atoms with Crippen molar-refractivity contribution in [3.8, 4) is 6.07 Å². The second-order valence-corrected chi connectivity index (χ2v) is 10.7. The van der Waals surface area contributed by atoms with Crippen molar-refractivity contribution in [3.05, 3.63) is 11.8 Å². The molecule has 0 aliphatic heterocycles.